The molecule has 0 spiro atoms. The average Bonchev–Trinajstić information content (AvgIpc) is 2.69. The van der Waals surface area contributed by atoms with E-state index in [9.17, 15) is 9.59 Å². The molecule has 1 N–H and O–H groups in total. The van der Waals surface area contributed by atoms with Crippen LogP contribution in [0.2, 0.25) is 0 Å². The van der Waals surface area contributed by atoms with Crippen molar-refractivity contribution in [1.82, 2.24) is 19.5 Å². The smallest absolute Gasteiger partial charge is 0.255 e. The second-order valence-electron chi connectivity index (χ2n) is 6.43. The maximum atomic E-state index is 12.6. The fourth-order valence-corrected chi connectivity index (χ4v) is 2.55. The quantitative estimate of drug-likeness (QED) is 0.629. The standard InChI is InChI=1S/C20H21N5O3/c1-13(2)28-15-6-4-5-14(9-15)18(26)11-22-20-24-17(10-19(27)25(20)3)16-7-8-21-12-23-16/h4-10,12-13H,11H2,1-3H3,(H,22,24). The Balaban J connectivity index is 1.78. The minimum absolute atomic E-state index is 0.0152. The van der Waals surface area contributed by atoms with Crippen LogP contribution in [-0.2, 0) is 7.05 Å². The fraction of sp³-hybridized carbons (Fsp3) is 0.250. The molecule has 0 aliphatic rings. The summed E-state index contributed by atoms with van der Waals surface area (Å²) >= 11 is 0. The van der Waals surface area contributed by atoms with Crippen molar-refractivity contribution in [3.63, 3.8) is 0 Å². The maximum Gasteiger partial charge on any atom is 0.255 e. The van der Waals surface area contributed by atoms with E-state index < -0.39 is 0 Å². The number of hydrogen-bond acceptors (Lipinski definition) is 7. The van der Waals surface area contributed by atoms with Crippen molar-refractivity contribution in [2.75, 3.05) is 11.9 Å². The van der Waals surface area contributed by atoms with Gasteiger partial charge in [0.05, 0.1) is 24.0 Å². The largest absolute Gasteiger partial charge is 0.491 e. The number of rotatable bonds is 7. The van der Waals surface area contributed by atoms with Gasteiger partial charge in [-0.3, -0.25) is 14.2 Å². The molecule has 8 heteroatoms. The van der Waals surface area contributed by atoms with Crippen molar-refractivity contribution in [2.45, 2.75) is 20.0 Å². The topological polar surface area (TPSA) is 99.0 Å². The van der Waals surface area contributed by atoms with E-state index in [0.717, 1.165) is 0 Å². The number of carbonyl (C=O) groups is 1. The second-order valence-corrected chi connectivity index (χ2v) is 6.43. The lowest BCUT2D eigenvalue weighted by molar-refractivity contribution is 0.100. The summed E-state index contributed by atoms with van der Waals surface area (Å²) in [5.41, 5.74) is 1.20. The van der Waals surface area contributed by atoms with Crippen LogP contribution in [0.1, 0.15) is 24.2 Å². The van der Waals surface area contributed by atoms with Gasteiger partial charge in [0.25, 0.3) is 5.56 Å². The van der Waals surface area contributed by atoms with Crippen LogP contribution in [0.15, 0.2) is 53.7 Å². The molecule has 0 aliphatic heterocycles. The number of anilines is 1. The van der Waals surface area contributed by atoms with Crippen LogP contribution in [0, 0.1) is 0 Å². The van der Waals surface area contributed by atoms with E-state index in [-0.39, 0.29) is 29.9 Å². The summed E-state index contributed by atoms with van der Waals surface area (Å²) in [6.07, 6.45) is 2.98. The first-order chi connectivity index (χ1) is 13.4. The highest BCUT2D eigenvalue weighted by atomic mass is 16.5. The van der Waals surface area contributed by atoms with Gasteiger partial charge in [0.1, 0.15) is 12.1 Å². The Kier molecular flexibility index (Phi) is 5.78. The molecule has 2 heterocycles. The monoisotopic (exact) mass is 379 g/mol. The molecule has 0 radical (unpaired) electrons. The van der Waals surface area contributed by atoms with Gasteiger partial charge in [-0.05, 0) is 32.0 Å². The third-order valence-electron chi connectivity index (χ3n) is 3.91. The molecule has 0 fully saturated rings. The van der Waals surface area contributed by atoms with Gasteiger partial charge in [0, 0.05) is 24.9 Å². The zero-order chi connectivity index (χ0) is 20.1. The van der Waals surface area contributed by atoms with Crippen molar-refractivity contribution in [1.29, 1.82) is 0 Å². The van der Waals surface area contributed by atoms with Crippen LogP contribution in [-0.4, -0.2) is 38.0 Å². The van der Waals surface area contributed by atoms with E-state index >= 15 is 0 Å². The zero-order valence-corrected chi connectivity index (χ0v) is 15.9. The first-order valence-corrected chi connectivity index (χ1v) is 8.82. The molecule has 0 unspecified atom stereocenters. The summed E-state index contributed by atoms with van der Waals surface area (Å²) < 4.78 is 6.97. The van der Waals surface area contributed by atoms with Crippen LogP contribution in [0.25, 0.3) is 11.4 Å². The highest BCUT2D eigenvalue weighted by Gasteiger charge is 2.12. The normalized spacial score (nSPS) is 10.7. The van der Waals surface area contributed by atoms with Gasteiger partial charge in [0.15, 0.2) is 5.78 Å². The Labute approximate surface area is 162 Å². The fourth-order valence-electron chi connectivity index (χ4n) is 2.55. The Bertz CT molecular complexity index is 1030. The van der Waals surface area contributed by atoms with Gasteiger partial charge in [-0.1, -0.05) is 12.1 Å². The minimum Gasteiger partial charge on any atom is -0.491 e. The Morgan fingerprint density at radius 2 is 2.04 bits per heavy atom. The van der Waals surface area contributed by atoms with Crippen molar-refractivity contribution in [3.05, 3.63) is 64.8 Å². The first-order valence-electron chi connectivity index (χ1n) is 8.82. The molecule has 1 aromatic carbocycles. The van der Waals surface area contributed by atoms with Crippen molar-refractivity contribution < 1.29 is 9.53 Å². The molecular formula is C20H21N5O3. The molecule has 3 rings (SSSR count). The molecule has 2 aromatic heterocycles. The lowest BCUT2D eigenvalue weighted by atomic mass is 10.1. The van der Waals surface area contributed by atoms with Crippen LogP contribution in [0.3, 0.4) is 0 Å². The number of ketones is 1. The minimum atomic E-state index is -0.258. The number of nitrogens with zero attached hydrogens (tertiary/aromatic N) is 4. The molecular weight excluding hydrogens is 358 g/mol. The molecule has 28 heavy (non-hydrogen) atoms. The van der Waals surface area contributed by atoms with E-state index in [2.05, 4.69) is 20.3 Å². The van der Waals surface area contributed by atoms with E-state index in [0.29, 0.717) is 22.7 Å². The second kappa shape index (κ2) is 8.43. The van der Waals surface area contributed by atoms with Crippen molar-refractivity contribution in [3.8, 4) is 17.1 Å². The number of benzene rings is 1. The molecule has 8 nitrogen and oxygen atoms in total. The van der Waals surface area contributed by atoms with Gasteiger partial charge in [-0.25, -0.2) is 15.0 Å². The van der Waals surface area contributed by atoms with E-state index in [1.165, 1.54) is 17.0 Å². The van der Waals surface area contributed by atoms with Gasteiger partial charge in [-0.2, -0.15) is 0 Å². The number of ether oxygens (including phenoxy) is 1. The number of hydrogen-bond donors (Lipinski definition) is 1. The Morgan fingerprint density at radius 1 is 1.21 bits per heavy atom. The Hall–Kier alpha value is -3.55. The van der Waals surface area contributed by atoms with Crippen LogP contribution in [0.4, 0.5) is 5.95 Å². The SMILES string of the molecule is CC(C)Oc1cccc(C(=O)CNc2nc(-c3ccncn3)cc(=O)n2C)c1. The lowest BCUT2D eigenvalue weighted by Gasteiger charge is -2.12. The predicted molar refractivity (Wildman–Crippen MR) is 106 cm³/mol. The van der Waals surface area contributed by atoms with Crippen molar-refractivity contribution in [2.24, 2.45) is 7.05 Å². The van der Waals surface area contributed by atoms with Gasteiger partial charge in [-0.15, -0.1) is 0 Å². The summed E-state index contributed by atoms with van der Waals surface area (Å²) in [6.45, 7) is 3.83. The predicted octanol–water partition coefficient (Wildman–Crippen LogP) is 2.32. The molecule has 0 amide bonds. The molecule has 0 bridgehead atoms. The van der Waals surface area contributed by atoms with E-state index in [1.54, 1.807) is 43.6 Å². The summed E-state index contributed by atoms with van der Waals surface area (Å²) in [5, 5.41) is 2.94. The van der Waals surface area contributed by atoms with Gasteiger partial charge >= 0.3 is 0 Å². The average molecular weight is 379 g/mol. The van der Waals surface area contributed by atoms with Gasteiger partial charge < -0.3 is 10.1 Å². The number of nitrogens with one attached hydrogen (secondary N) is 1. The molecule has 144 valence electrons. The maximum absolute atomic E-state index is 12.6. The van der Waals surface area contributed by atoms with E-state index in [4.69, 9.17) is 4.74 Å². The number of aromatic nitrogens is 4. The number of carbonyl (C=O) groups excluding carboxylic acids is 1. The summed E-state index contributed by atoms with van der Waals surface area (Å²) in [7, 11) is 1.59. The third-order valence-corrected chi connectivity index (χ3v) is 3.91. The van der Waals surface area contributed by atoms with Crippen LogP contribution >= 0.6 is 0 Å². The molecule has 0 aliphatic carbocycles. The first kappa shape index (κ1) is 19.2. The lowest BCUT2D eigenvalue weighted by Crippen LogP contribution is -2.24. The summed E-state index contributed by atoms with van der Waals surface area (Å²) in [6, 6.07) is 10.1. The molecule has 0 saturated carbocycles. The molecule has 0 atom stereocenters. The molecule has 0 saturated heterocycles. The third kappa shape index (κ3) is 4.59. The molecule has 3 aromatic rings. The van der Waals surface area contributed by atoms with Gasteiger partial charge in [0.2, 0.25) is 5.95 Å². The summed E-state index contributed by atoms with van der Waals surface area (Å²) in [4.78, 5) is 37.2. The van der Waals surface area contributed by atoms with Crippen molar-refractivity contribution >= 4 is 11.7 Å². The van der Waals surface area contributed by atoms with E-state index in [1.807, 2.05) is 13.8 Å². The van der Waals surface area contributed by atoms with Crippen LogP contribution < -0.4 is 15.6 Å². The zero-order valence-electron chi connectivity index (χ0n) is 15.9. The van der Waals surface area contributed by atoms with Crippen LogP contribution in [0.5, 0.6) is 5.75 Å². The summed E-state index contributed by atoms with van der Waals surface area (Å²) in [5.74, 6) is 0.775. The highest BCUT2D eigenvalue weighted by molar-refractivity contribution is 5.99. The Morgan fingerprint density at radius 3 is 2.75 bits per heavy atom. The highest BCUT2D eigenvalue weighted by Crippen LogP contribution is 2.16. The number of Topliss-reactive ketones (excluding diaryl/α,β-unsaturated/α-hetero) is 1.